The molecule has 0 nitrogen and oxygen atoms in total. The van der Waals surface area contributed by atoms with E-state index in [0.717, 1.165) is 11.8 Å². The molecule has 2 rings (SSSR count). The molecule has 52 valence electrons. The van der Waals surface area contributed by atoms with Gasteiger partial charge in [-0.3, -0.25) is 0 Å². The highest BCUT2D eigenvalue weighted by atomic mass is 14.4. The predicted octanol–water partition coefficient (Wildman–Crippen LogP) is 2.83. The largest absolute Gasteiger partial charge is 0.0625 e. The summed E-state index contributed by atoms with van der Waals surface area (Å²) in [6.45, 7) is 2.41. The van der Waals surface area contributed by atoms with Crippen LogP contribution in [-0.4, -0.2) is 0 Å². The Kier molecular flexibility index (Phi) is 1.28. The van der Waals surface area contributed by atoms with Crippen LogP contribution in [0.5, 0.6) is 0 Å². The number of rotatable bonds is 1. The SMILES string of the molecule is CC1CCC(C2CC2)C1. The fraction of sp³-hybridized carbons (Fsp3) is 1.00. The van der Waals surface area contributed by atoms with Crippen LogP contribution in [0.2, 0.25) is 0 Å². The van der Waals surface area contributed by atoms with Crippen molar-refractivity contribution in [3.63, 3.8) is 0 Å². The van der Waals surface area contributed by atoms with Crippen LogP contribution in [0.25, 0.3) is 0 Å². The maximum Gasteiger partial charge on any atom is -0.0383 e. The van der Waals surface area contributed by atoms with Crippen molar-refractivity contribution in [3.05, 3.63) is 0 Å². The zero-order valence-electron chi connectivity index (χ0n) is 6.27. The molecule has 0 aromatic rings. The minimum Gasteiger partial charge on any atom is -0.0625 e. The third kappa shape index (κ3) is 1.12. The molecule has 0 bridgehead atoms. The van der Waals surface area contributed by atoms with Crippen LogP contribution < -0.4 is 0 Å². The van der Waals surface area contributed by atoms with Gasteiger partial charge < -0.3 is 0 Å². The Hall–Kier alpha value is 0. The standard InChI is InChI=1S/C9H16/c1-7-2-3-9(6-7)8-4-5-8/h7-9H,2-6H2,1H3. The Labute approximate surface area is 57.6 Å². The summed E-state index contributed by atoms with van der Waals surface area (Å²) in [7, 11) is 0. The third-order valence-electron chi connectivity index (χ3n) is 3.02. The molecule has 0 saturated heterocycles. The minimum atomic E-state index is 1.05. The second-order valence-corrected chi connectivity index (χ2v) is 4.02. The maximum atomic E-state index is 2.41. The highest BCUT2D eigenvalue weighted by Crippen LogP contribution is 2.46. The van der Waals surface area contributed by atoms with Crippen molar-refractivity contribution in [1.29, 1.82) is 0 Å². The number of hydrogen-bond acceptors (Lipinski definition) is 0. The second-order valence-electron chi connectivity index (χ2n) is 4.02. The normalized spacial score (nSPS) is 43.7. The van der Waals surface area contributed by atoms with E-state index in [-0.39, 0.29) is 0 Å². The highest BCUT2D eigenvalue weighted by molar-refractivity contribution is 4.86. The van der Waals surface area contributed by atoms with Gasteiger partial charge in [-0.2, -0.15) is 0 Å². The molecule has 2 aliphatic carbocycles. The monoisotopic (exact) mass is 124 g/mol. The van der Waals surface area contributed by atoms with Crippen molar-refractivity contribution in [2.24, 2.45) is 17.8 Å². The summed E-state index contributed by atoms with van der Waals surface area (Å²) in [5.41, 5.74) is 0. The molecule has 0 amide bonds. The summed E-state index contributed by atoms with van der Waals surface area (Å²) >= 11 is 0. The van der Waals surface area contributed by atoms with Crippen molar-refractivity contribution >= 4 is 0 Å². The molecule has 0 spiro atoms. The Morgan fingerprint density at radius 1 is 0.889 bits per heavy atom. The predicted molar refractivity (Wildman–Crippen MR) is 39.2 cm³/mol. The van der Waals surface area contributed by atoms with Gasteiger partial charge >= 0.3 is 0 Å². The summed E-state index contributed by atoms with van der Waals surface area (Å²) in [6, 6.07) is 0. The van der Waals surface area contributed by atoms with E-state index in [4.69, 9.17) is 0 Å². The van der Waals surface area contributed by atoms with Crippen LogP contribution in [0.1, 0.15) is 39.0 Å². The van der Waals surface area contributed by atoms with Gasteiger partial charge in [0.25, 0.3) is 0 Å². The summed E-state index contributed by atoms with van der Waals surface area (Å²) in [4.78, 5) is 0. The molecule has 0 aromatic carbocycles. The van der Waals surface area contributed by atoms with Crippen molar-refractivity contribution in [3.8, 4) is 0 Å². The van der Waals surface area contributed by atoms with Gasteiger partial charge in [-0.15, -0.1) is 0 Å². The van der Waals surface area contributed by atoms with Crippen molar-refractivity contribution in [2.45, 2.75) is 39.0 Å². The van der Waals surface area contributed by atoms with Crippen molar-refractivity contribution in [2.75, 3.05) is 0 Å². The molecule has 2 fully saturated rings. The first kappa shape index (κ1) is 5.76. The van der Waals surface area contributed by atoms with Gasteiger partial charge in [0, 0.05) is 0 Å². The molecule has 2 aliphatic rings. The molecule has 0 aromatic heterocycles. The Balaban J connectivity index is 1.86. The fourth-order valence-corrected chi connectivity index (χ4v) is 2.25. The zero-order chi connectivity index (χ0) is 6.27. The molecule has 2 unspecified atom stereocenters. The van der Waals surface area contributed by atoms with Gasteiger partial charge in [-0.05, 0) is 43.4 Å². The van der Waals surface area contributed by atoms with Gasteiger partial charge in [0.05, 0.1) is 0 Å². The lowest BCUT2D eigenvalue weighted by atomic mass is 10.0. The van der Waals surface area contributed by atoms with E-state index >= 15 is 0 Å². The molecule has 0 heterocycles. The van der Waals surface area contributed by atoms with Crippen LogP contribution in [0.15, 0.2) is 0 Å². The molecule has 0 heteroatoms. The maximum absolute atomic E-state index is 2.41. The topological polar surface area (TPSA) is 0 Å². The van der Waals surface area contributed by atoms with Gasteiger partial charge in [-0.1, -0.05) is 13.3 Å². The van der Waals surface area contributed by atoms with Gasteiger partial charge in [-0.25, -0.2) is 0 Å². The molecular formula is C9H16. The molecule has 2 atom stereocenters. The van der Waals surface area contributed by atoms with E-state index in [1.807, 2.05) is 0 Å². The average Bonchev–Trinajstić information content (AvgIpc) is 2.58. The van der Waals surface area contributed by atoms with Gasteiger partial charge in [0.2, 0.25) is 0 Å². The number of hydrogen-bond donors (Lipinski definition) is 0. The molecule has 0 aliphatic heterocycles. The first-order valence-corrected chi connectivity index (χ1v) is 4.36. The van der Waals surface area contributed by atoms with E-state index in [1.54, 1.807) is 25.7 Å². The van der Waals surface area contributed by atoms with Crippen LogP contribution in [0, 0.1) is 17.8 Å². The Bertz CT molecular complexity index is 103. The van der Waals surface area contributed by atoms with Crippen molar-refractivity contribution in [1.82, 2.24) is 0 Å². The van der Waals surface area contributed by atoms with E-state index < -0.39 is 0 Å². The minimum absolute atomic E-state index is 1.05. The van der Waals surface area contributed by atoms with Gasteiger partial charge in [0.1, 0.15) is 0 Å². The molecule has 0 N–H and O–H groups in total. The summed E-state index contributed by atoms with van der Waals surface area (Å²) < 4.78 is 0. The average molecular weight is 124 g/mol. The lowest BCUT2D eigenvalue weighted by Gasteiger charge is -2.04. The summed E-state index contributed by atoms with van der Waals surface area (Å²) in [5.74, 6) is 3.38. The van der Waals surface area contributed by atoms with Crippen LogP contribution >= 0.6 is 0 Å². The highest BCUT2D eigenvalue weighted by Gasteiger charge is 2.34. The van der Waals surface area contributed by atoms with Crippen LogP contribution in [0.3, 0.4) is 0 Å². The third-order valence-corrected chi connectivity index (χ3v) is 3.02. The molecule has 0 radical (unpaired) electrons. The van der Waals surface area contributed by atoms with E-state index in [2.05, 4.69) is 6.92 Å². The molecule has 2 saturated carbocycles. The fourth-order valence-electron chi connectivity index (χ4n) is 2.25. The first-order chi connectivity index (χ1) is 4.36. The summed E-state index contributed by atoms with van der Waals surface area (Å²) in [5, 5.41) is 0. The lowest BCUT2D eigenvalue weighted by molar-refractivity contribution is 0.458. The van der Waals surface area contributed by atoms with Crippen molar-refractivity contribution < 1.29 is 0 Å². The lowest BCUT2D eigenvalue weighted by Crippen LogP contribution is -1.95. The quantitative estimate of drug-likeness (QED) is 0.504. The Morgan fingerprint density at radius 3 is 2.00 bits per heavy atom. The van der Waals surface area contributed by atoms with Gasteiger partial charge in [0.15, 0.2) is 0 Å². The second kappa shape index (κ2) is 2.00. The molecular weight excluding hydrogens is 108 g/mol. The van der Waals surface area contributed by atoms with E-state index in [0.29, 0.717) is 0 Å². The summed E-state index contributed by atoms with van der Waals surface area (Å²) in [6.07, 6.45) is 7.71. The van der Waals surface area contributed by atoms with E-state index in [1.165, 1.54) is 12.3 Å². The van der Waals surface area contributed by atoms with Crippen LogP contribution in [-0.2, 0) is 0 Å². The smallest absolute Gasteiger partial charge is 0.0383 e. The first-order valence-electron chi connectivity index (χ1n) is 4.36. The zero-order valence-corrected chi connectivity index (χ0v) is 6.27. The molecule has 9 heavy (non-hydrogen) atoms. The van der Waals surface area contributed by atoms with E-state index in [9.17, 15) is 0 Å². The Morgan fingerprint density at radius 2 is 1.56 bits per heavy atom. The van der Waals surface area contributed by atoms with Crippen LogP contribution in [0.4, 0.5) is 0 Å².